The minimum absolute atomic E-state index is 0.563. The summed E-state index contributed by atoms with van der Waals surface area (Å²) in [7, 11) is 5.44. The number of hydrogen-bond acceptors (Lipinski definition) is 18. The second kappa shape index (κ2) is 16.7. The predicted molar refractivity (Wildman–Crippen MR) is 181 cm³/mol. The molecule has 0 radical (unpaired) electrons. The van der Waals surface area contributed by atoms with Gasteiger partial charge in [0.25, 0.3) is 9.70 Å². The molecular formula is C32H48Cl3NO18. The van der Waals surface area contributed by atoms with Crippen LogP contribution in [0.15, 0.2) is 0 Å². The number of ether oxygens (including phenoxy) is 13. The lowest BCUT2D eigenvalue weighted by atomic mass is 9.80. The highest BCUT2D eigenvalue weighted by Gasteiger charge is 2.70. The van der Waals surface area contributed by atoms with Gasteiger partial charge in [-0.2, -0.15) is 0 Å². The summed E-state index contributed by atoms with van der Waals surface area (Å²) in [5.74, 6) is -10.2. The maximum Gasteiger partial charge on any atom is 0.303 e. The Balaban J connectivity index is 1.88. The third kappa shape index (κ3) is 8.59. The SMILES string of the molecule is COC1(C)O[C@@H]2[C@@H](OC1(C)OC)[C@@H](O[C@@H]1O[C@H](COC(C)=O)[C@@H](OC(C)=O)[C@H](OC(C)=O)[C@H]1NC(=O)C(Cl)(Cl)Cl)[C@H](O)[C@@H]1OC(C)(OC)C(C)(OC)O[C@@H]21. The van der Waals surface area contributed by atoms with Crippen molar-refractivity contribution in [2.45, 2.75) is 143 Å². The van der Waals surface area contributed by atoms with Crippen molar-refractivity contribution >= 4 is 58.6 Å². The molecule has 1 aliphatic carbocycles. The quantitative estimate of drug-likeness (QED) is 0.167. The summed E-state index contributed by atoms with van der Waals surface area (Å²) in [6.07, 6.45) is -14.6. The van der Waals surface area contributed by atoms with Crippen LogP contribution in [0.1, 0.15) is 48.5 Å². The van der Waals surface area contributed by atoms with Crippen molar-refractivity contribution in [2.75, 3.05) is 35.0 Å². The second-order valence-electron chi connectivity index (χ2n) is 13.5. The molecule has 2 N–H and O–H groups in total. The maximum atomic E-state index is 13.2. The van der Waals surface area contributed by atoms with Gasteiger partial charge in [-0.1, -0.05) is 34.8 Å². The molecular weight excluding hydrogens is 793 g/mol. The summed E-state index contributed by atoms with van der Waals surface area (Å²) < 4.78 is 75.2. The highest BCUT2D eigenvalue weighted by Crippen LogP contribution is 2.50. The molecule has 4 fully saturated rings. The van der Waals surface area contributed by atoms with Crippen LogP contribution < -0.4 is 5.32 Å². The largest absolute Gasteiger partial charge is 0.463 e. The Labute approximate surface area is 326 Å². The Kier molecular flexibility index (Phi) is 13.9. The van der Waals surface area contributed by atoms with E-state index in [1.807, 2.05) is 0 Å². The van der Waals surface area contributed by atoms with Crippen LogP contribution in [-0.4, -0.2) is 158 Å². The first-order valence-electron chi connectivity index (χ1n) is 16.7. The Morgan fingerprint density at radius 3 is 1.52 bits per heavy atom. The Bertz CT molecular complexity index is 1410. The Hall–Kier alpha value is -1.69. The number of amides is 1. The Morgan fingerprint density at radius 1 is 0.667 bits per heavy atom. The molecule has 0 aromatic carbocycles. The van der Waals surface area contributed by atoms with Gasteiger partial charge in [-0.3, -0.25) is 19.2 Å². The van der Waals surface area contributed by atoms with E-state index in [9.17, 15) is 24.3 Å². The summed E-state index contributed by atoms with van der Waals surface area (Å²) in [5, 5.41) is 14.6. The molecule has 310 valence electrons. The molecule has 0 bridgehead atoms. The van der Waals surface area contributed by atoms with Crippen molar-refractivity contribution in [1.82, 2.24) is 5.32 Å². The molecule has 22 heteroatoms. The van der Waals surface area contributed by atoms with Crippen LogP contribution in [0.5, 0.6) is 0 Å². The molecule has 54 heavy (non-hydrogen) atoms. The zero-order valence-corrected chi connectivity index (χ0v) is 33.8. The molecule has 0 spiro atoms. The average Bonchev–Trinajstić information content (AvgIpc) is 3.08. The number of alkyl halides is 3. The maximum absolute atomic E-state index is 13.2. The van der Waals surface area contributed by atoms with Gasteiger partial charge in [0.15, 0.2) is 18.5 Å². The number of halogens is 3. The van der Waals surface area contributed by atoms with Gasteiger partial charge in [-0.25, -0.2) is 0 Å². The lowest BCUT2D eigenvalue weighted by molar-refractivity contribution is -0.513. The number of aliphatic hydroxyl groups is 1. The predicted octanol–water partition coefficient (Wildman–Crippen LogP) is 0.771. The van der Waals surface area contributed by atoms with Gasteiger partial charge < -0.3 is 72.0 Å². The molecule has 3 saturated heterocycles. The second-order valence-corrected chi connectivity index (χ2v) is 15.8. The molecule has 3 heterocycles. The summed E-state index contributed by atoms with van der Waals surface area (Å²) in [6, 6.07) is -1.65. The minimum Gasteiger partial charge on any atom is -0.463 e. The van der Waals surface area contributed by atoms with Gasteiger partial charge in [-0.15, -0.1) is 0 Å². The minimum atomic E-state index is -2.57. The fraction of sp³-hybridized carbons (Fsp3) is 0.875. The average molecular weight is 841 g/mol. The molecule has 1 amide bonds. The van der Waals surface area contributed by atoms with Crippen molar-refractivity contribution in [2.24, 2.45) is 0 Å². The zero-order valence-electron chi connectivity index (χ0n) is 31.6. The molecule has 3 aliphatic heterocycles. The molecule has 4 rings (SSSR count). The van der Waals surface area contributed by atoms with Crippen molar-refractivity contribution < 1.29 is 85.9 Å². The van der Waals surface area contributed by atoms with E-state index in [0.717, 1.165) is 20.8 Å². The van der Waals surface area contributed by atoms with Gasteiger partial charge in [0, 0.05) is 49.2 Å². The smallest absolute Gasteiger partial charge is 0.303 e. The van der Waals surface area contributed by atoms with Gasteiger partial charge in [0.2, 0.25) is 23.1 Å². The van der Waals surface area contributed by atoms with Crippen molar-refractivity contribution in [3.63, 3.8) is 0 Å². The summed E-state index contributed by atoms with van der Waals surface area (Å²) >= 11 is 17.7. The van der Waals surface area contributed by atoms with Gasteiger partial charge in [0.1, 0.15) is 55.4 Å². The number of hydrogen-bond donors (Lipinski definition) is 2. The van der Waals surface area contributed by atoms with Crippen molar-refractivity contribution in [3.05, 3.63) is 0 Å². The molecule has 1 saturated carbocycles. The van der Waals surface area contributed by atoms with Gasteiger partial charge in [0.05, 0.1) is 0 Å². The number of rotatable bonds is 11. The summed E-state index contributed by atoms with van der Waals surface area (Å²) in [4.78, 5) is 50.0. The molecule has 0 aromatic rings. The van der Waals surface area contributed by atoms with E-state index in [1.165, 1.54) is 42.3 Å². The number of carbonyl (C=O) groups excluding carboxylic acids is 4. The van der Waals surface area contributed by atoms with Crippen molar-refractivity contribution in [1.29, 1.82) is 0 Å². The van der Waals surface area contributed by atoms with Crippen LogP contribution in [0.3, 0.4) is 0 Å². The fourth-order valence-corrected chi connectivity index (χ4v) is 6.96. The zero-order chi connectivity index (χ0) is 40.8. The van der Waals surface area contributed by atoms with Crippen molar-refractivity contribution in [3.8, 4) is 0 Å². The molecule has 19 nitrogen and oxygen atoms in total. The first-order chi connectivity index (χ1) is 24.9. The topological polar surface area (TPSA) is 221 Å². The van der Waals surface area contributed by atoms with E-state index < -0.39 is 125 Å². The third-order valence-electron chi connectivity index (χ3n) is 10.2. The normalized spacial score (nSPS) is 43.6. The van der Waals surface area contributed by atoms with E-state index in [4.69, 9.17) is 96.4 Å². The van der Waals surface area contributed by atoms with Gasteiger partial charge >= 0.3 is 17.9 Å². The van der Waals surface area contributed by atoms with Crippen LogP contribution in [0.2, 0.25) is 0 Å². The number of nitrogens with one attached hydrogen (secondary N) is 1. The standard InChI is InChI=1S/C32H48Cl3NO18/c1-13(37)46-12-16-19(47-14(2)38)20(48-15(3)39)17(36-27(41)32(33,34)35)26(49-16)50-21-18(40)22-24(53-29(5,43-9)28(4,42-8)51-22)25-23(21)52-30(6,44-10)31(7,45-11)54-25/h16-26,40H,12H2,1-11H3,(H,36,41)/t16-,17-,18+,19-,20-,21+,22+,23+,24-,25-,26+,28?,29?,30?,31?/m1/s1. The lowest BCUT2D eigenvalue weighted by Crippen LogP contribution is -2.80. The monoisotopic (exact) mass is 839 g/mol. The van der Waals surface area contributed by atoms with Crippen LogP contribution >= 0.6 is 34.8 Å². The highest BCUT2D eigenvalue weighted by molar-refractivity contribution is 6.76. The molecule has 4 aliphatic rings. The summed E-state index contributed by atoms with van der Waals surface area (Å²) in [6.45, 7) is 8.86. The number of aliphatic hydroxyl groups excluding tert-OH is 1. The van der Waals surface area contributed by atoms with Crippen LogP contribution in [0, 0.1) is 0 Å². The van der Waals surface area contributed by atoms with E-state index in [2.05, 4.69) is 5.32 Å². The number of carbonyl (C=O) groups is 4. The Morgan fingerprint density at radius 2 is 1.09 bits per heavy atom. The number of esters is 3. The summed E-state index contributed by atoms with van der Waals surface area (Å²) in [5.41, 5.74) is 0. The molecule has 0 aromatic heterocycles. The van der Waals surface area contributed by atoms with Crippen LogP contribution in [0.4, 0.5) is 0 Å². The fourth-order valence-electron chi connectivity index (χ4n) is 6.79. The highest BCUT2D eigenvalue weighted by atomic mass is 35.6. The lowest BCUT2D eigenvalue weighted by Gasteiger charge is -2.62. The molecule has 4 unspecified atom stereocenters. The van der Waals surface area contributed by atoms with E-state index in [0.29, 0.717) is 0 Å². The van der Waals surface area contributed by atoms with Crippen LogP contribution in [0.25, 0.3) is 0 Å². The number of methoxy groups -OCH3 is 4. The van der Waals surface area contributed by atoms with Gasteiger partial charge in [-0.05, 0) is 27.7 Å². The molecule has 15 atom stereocenters. The number of fused-ring (bicyclic) bond motifs is 3. The van der Waals surface area contributed by atoms with E-state index in [-0.39, 0.29) is 0 Å². The first-order valence-corrected chi connectivity index (χ1v) is 17.8. The van der Waals surface area contributed by atoms with E-state index in [1.54, 1.807) is 13.8 Å². The van der Waals surface area contributed by atoms with E-state index >= 15 is 0 Å². The third-order valence-corrected chi connectivity index (χ3v) is 10.7. The van der Waals surface area contributed by atoms with Crippen LogP contribution in [-0.2, 0) is 80.8 Å². The first kappa shape index (κ1) is 45.0.